The van der Waals surface area contributed by atoms with Crippen molar-refractivity contribution in [2.75, 3.05) is 5.32 Å². The molecule has 2 heteroatoms. The van der Waals surface area contributed by atoms with Gasteiger partial charge in [0, 0.05) is 15.3 Å². The van der Waals surface area contributed by atoms with Crippen molar-refractivity contribution in [3.05, 3.63) is 40.0 Å². The Morgan fingerprint density at radius 3 is 3.00 bits per heavy atom. The summed E-state index contributed by atoms with van der Waals surface area (Å²) in [7, 11) is 0. The van der Waals surface area contributed by atoms with Gasteiger partial charge < -0.3 is 5.32 Å². The Morgan fingerprint density at radius 1 is 1.36 bits per heavy atom. The molecule has 1 aliphatic carbocycles. The van der Waals surface area contributed by atoms with Gasteiger partial charge in [0.2, 0.25) is 0 Å². The second-order valence-electron chi connectivity index (χ2n) is 3.62. The van der Waals surface area contributed by atoms with Crippen LogP contribution in [0.5, 0.6) is 0 Å². The first-order chi connectivity index (χ1) is 6.84. The number of halogens is 1. The lowest BCUT2D eigenvalue weighted by Crippen LogP contribution is -2.18. The van der Waals surface area contributed by atoms with Crippen LogP contribution in [0.2, 0.25) is 0 Å². The quantitative estimate of drug-likeness (QED) is 0.647. The van der Waals surface area contributed by atoms with Gasteiger partial charge in [-0.3, -0.25) is 0 Å². The second-order valence-corrected chi connectivity index (χ2v) is 4.87. The van der Waals surface area contributed by atoms with Gasteiger partial charge in [-0.05, 0) is 60.1 Å². The van der Waals surface area contributed by atoms with Gasteiger partial charge in [0.15, 0.2) is 0 Å². The average molecular weight is 299 g/mol. The van der Waals surface area contributed by atoms with E-state index in [0.717, 1.165) is 0 Å². The van der Waals surface area contributed by atoms with Crippen molar-refractivity contribution in [3.8, 4) is 0 Å². The van der Waals surface area contributed by atoms with E-state index in [-0.39, 0.29) is 0 Å². The first-order valence-electron chi connectivity index (χ1n) is 5.03. The molecule has 0 bridgehead atoms. The predicted octanol–water partition coefficient (Wildman–Crippen LogP) is 3.81. The van der Waals surface area contributed by atoms with Gasteiger partial charge in [-0.15, -0.1) is 0 Å². The fraction of sp³-hybridized carbons (Fsp3) is 0.333. The molecule has 0 aliphatic heterocycles. The van der Waals surface area contributed by atoms with Crippen molar-refractivity contribution in [2.24, 2.45) is 0 Å². The molecule has 0 fully saturated rings. The van der Waals surface area contributed by atoms with Crippen molar-refractivity contribution in [1.29, 1.82) is 0 Å². The van der Waals surface area contributed by atoms with E-state index in [1.807, 2.05) is 0 Å². The molecule has 0 saturated carbocycles. The smallest absolute Gasteiger partial charge is 0.0444 e. The van der Waals surface area contributed by atoms with E-state index in [0.29, 0.717) is 6.04 Å². The normalized spacial score (nSPS) is 20.8. The molecular formula is C12H14IN. The van der Waals surface area contributed by atoms with Crippen LogP contribution in [-0.2, 0) is 0 Å². The minimum Gasteiger partial charge on any atom is -0.379 e. The van der Waals surface area contributed by atoms with Gasteiger partial charge in [-0.25, -0.2) is 0 Å². The molecule has 1 N–H and O–H groups in total. The molecule has 1 aromatic rings. The number of allylic oxidation sites excluding steroid dienone is 1. The van der Waals surface area contributed by atoms with Crippen LogP contribution in [0.15, 0.2) is 36.4 Å². The molecule has 0 aromatic heterocycles. The molecule has 2 rings (SSSR count). The Morgan fingerprint density at radius 2 is 2.29 bits per heavy atom. The van der Waals surface area contributed by atoms with E-state index < -0.39 is 0 Å². The number of hydrogen-bond acceptors (Lipinski definition) is 1. The van der Waals surface area contributed by atoms with Crippen LogP contribution in [0.25, 0.3) is 0 Å². The van der Waals surface area contributed by atoms with E-state index in [1.54, 1.807) is 0 Å². The van der Waals surface area contributed by atoms with Crippen LogP contribution in [0, 0.1) is 3.57 Å². The van der Waals surface area contributed by atoms with E-state index >= 15 is 0 Å². The lowest BCUT2D eigenvalue weighted by atomic mass is 10.0. The predicted molar refractivity (Wildman–Crippen MR) is 69.6 cm³/mol. The van der Waals surface area contributed by atoms with Crippen LogP contribution in [0.4, 0.5) is 5.69 Å². The second kappa shape index (κ2) is 4.82. The van der Waals surface area contributed by atoms with E-state index in [2.05, 4.69) is 64.3 Å². The highest BCUT2D eigenvalue weighted by molar-refractivity contribution is 14.1. The molecular weight excluding hydrogens is 285 g/mol. The summed E-state index contributed by atoms with van der Waals surface area (Å²) in [6.45, 7) is 0. The molecule has 14 heavy (non-hydrogen) atoms. The lowest BCUT2D eigenvalue weighted by Gasteiger charge is -2.19. The standard InChI is InChI=1S/C12H14IN/c13-10-5-4-8-12(9-10)14-11-6-2-1-3-7-11/h2,4-6,8-9,11,14H,1,3,7H2. The minimum absolute atomic E-state index is 0.530. The van der Waals surface area contributed by atoms with Crippen molar-refractivity contribution < 1.29 is 0 Å². The van der Waals surface area contributed by atoms with Crippen molar-refractivity contribution >= 4 is 28.3 Å². The summed E-state index contributed by atoms with van der Waals surface area (Å²) in [5, 5.41) is 3.53. The first kappa shape index (κ1) is 10.0. The maximum atomic E-state index is 3.53. The van der Waals surface area contributed by atoms with Crippen molar-refractivity contribution in [2.45, 2.75) is 25.3 Å². The highest BCUT2D eigenvalue weighted by Crippen LogP contribution is 2.18. The van der Waals surface area contributed by atoms with Gasteiger partial charge in [0.05, 0.1) is 0 Å². The SMILES string of the molecule is Ic1cccc(NC2C=CCCC2)c1. The Labute approximate surface area is 98.7 Å². The Balaban J connectivity index is 2.02. The van der Waals surface area contributed by atoms with Gasteiger partial charge in [-0.1, -0.05) is 18.2 Å². The van der Waals surface area contributed by atoms with E-state index in [9.17, 15) is 0 Å². The fourth-order valence-corrected chi connectivity index (χ4v) is 2.27. The molecule has 0 heterocycles. The summed E-state index contributed by atoms with van der Waals surface area (Å²) in [6.07, 6.45) is 8.35. The number of hydrogen-bond donors (Lipinski definition) is 1. The highest BCUT2D eigenvalue weighted by Gasteiger charge is 2.07. The topological polar surface area (TPSA) is 12.0 Å². The fourth-order valence-electron chi connectivity index (χ4n) is 1.72. The third-order valence-corrected chi connectivity index (χ3v) is 3.10. The highest BCUT2D eigenvalue weighted by atomic mass is 127. The summed E-state index contributed by atoms with van der Waals surface area (Å²) < 4.78 is 1.28. The van der Waals surface area contributed by atoms with Crippen LogP contribution >= 0.6 is 22.6 Å². The summed E-state index contributed by atoms with van der Waals surface area (Å²) in [4.78, 5) is 0. The molecule has 1 unspecified atom stereocenters. The number of anilines is 1. The molecule has 1 aliphatic rings. The number of nitrogens with one attached hydrogen (secondary N) is 1. The molecule has 0 spiro atoms. The molecule has 0 radical (unpaired) electrons. The Bertz CT molecular complexity index is 333. The van der Waals surface area contributed by atoms with Crippen molar-refractivity contribution in [3.63, 3.8) is 0 Å². The first-order valence-corrected chi connectivity index (χ1v) is 6.11. The summed E-state index contributed by atoms with van der Waals surface area (Å²) >= 11 is 2.34. The summed E-state index contributed by atoms with van der Waals surface area (Å²) in [6, 6.07) is 9.05. The molecule has 1 nitrogen and oxygen atoms in total. The summed E-state index contributed by atoms with van der Waals surface area (Å²) in [5.41, 5.74) is 1.23. The minimum atomic E-state index is 0.530. The van der Waals surface area contributed by atoms with Crippen LogP contribution in [0.3, 0.4) is 0 Å². The Hall–Kier alpha value is -0.510. The zero-order chi connectivity index (χ0) is 9.80. The van der Waals surface area contributed by atoms with Gasteiger partial charge in [0.25, 0.3) is 0 Å². The molecule has 1 atom stereocenters. The largest absolute Gasteiger partial charge is 0.379 e. The van der Waals surface area contributed by atoms with Crippen LogP contribution in [0.1, 0.15) is 19.3 Å². The zero-order valence-electron chi connectivity index (χ0n) is 8.04. The molecule has 0 amide bonds. The molecule has 0 saturated heterocycles. The van der Waals surface area contributed by atoms with Crippen LogP contribution < -0.4 is 5.32 Å². The number of rotatable bonds is 2. The average Bonchev–Trinajstić information content (AvgIpc) is 2.19. The maximum absolute atomic E-state index is 3.53. The Kier molecular flexibility index (Phi) is 3.45. The zero-order valence-corrected chi connectivity index (χ0v) is 10.2. The summed E-state index contributed by atoms with van der Waals surface area (Å²) in [5.74, 6) is 0. The molecule has 74 valence electrons. The van der Waals surface area contributed by atoms with Gasteiger partial charge in [-0.2, -0.15) is 0 Å². The van der Waals surface area contributed by atoms with Gasteiger partial charge in [0.1, 0.15) is 0 Å². The lowest BCUT2D eigenvalue weighted by molar-refractivity contribution is 0.674. The number of benzene rings is 1. The third kappa shape index (κ3) is 2.74. The van der Waals surface area contributed by atoms with Gasteiger partial charge >= 0.3 is 0 Å². The van der Waals surface area contributed by atoms with E-state index in [1.165, 1.54) is 28.5 Å². The van der Waals surface area contributed by atoms with Crippen molar-refractivity contribution in [1.82, 2.24) is 0 Å². The monoisotopic (exact) mass is 299 g/mol. The maximum Gasteiger partial charge on any atom is 0.0444 e. The third-order valence-electron chi connectivity index (χ3n) is 2.43. The molecule has 1 aromatic carbocycles. The van der Waals surface area contributed by atoms with E-state index in [4.69, 9.17) is 0 Å². The van der Waals surface area contributed by atoms with Crippen LogP contribution in [-0.4, -0.2) is 6.04 Å².